The summed E-state index contributed by atoms with van der Waals surface area (Å²) in [5.41, 5.74) is 1.49. The molecule has 1 fully saturated rings. The first-order valence-electron chi connectivity index (χ1n) is 10.2. The summed E-state index contributed by atoms with van der Waals surface area (Å²) < 4.78 is 1.85. The highest BCUT2D eigenvalue weighted by Crippen LogP contribution is 2.32. The zero-order valence-electron chi connectivity index (χ0n) is 17.2. The number of thioether (sulfide) groups is 1. The molecule has 0 spiro atoms. The molecule has 1 amide bonds. The lowest BCUT2D eigenvalue weighted by Gasteiger charge is -2.19. The predicted molar refractivity (Wildman–Crippen MR) is 121 cm³/mol. The third kappa shape index (κ3) is 4.48. The van der Waals surface area contributed by atoms with E-state index in [0.717, 1.165) is 31.7 Å². The minimum Gasteiger partial charge on any atom is -0.366 e. The number of nitro groups is 1. The van der Waals surface area contributed by atoms with Crippen LogP contribution in [-0.2, 0) is 0 Å². The maximum atomic E-state index is 13.0. The number of aromatic nitrogens is 3. The molecule has 0 saturated carbocycles. The summed E-state index contributed by atoms with van der Waals surface area (Å²) in [5.74, 6) is 1.09. The number of nitro benzene ring substituents is 1. The zero-order chi connectivity index (χ0) is 21.8. The van der Waals surface area contributed by atoms with Crippen LogP contribution >= 0.6 is 11.8 Å². The van der Waals surface area contributed by atoms with Crippen molar-refractivity contribution in [3.8, 4) is 0 Å². The standard InChI is InChI=1S/C21H24N6O3S/c1-31-13-9-16(20-24-23-19-6-2-3-12-26(19)20)22-21(28)15-7-8-17(18(14-15)27(29)30)25-10-4-5-11-25/h2-3,6-8,12,14,16H,4-5,9-11,13H2,1H3,(H,22,28). The number of carbonyl (C=O) groups excluding carboxylic acids is 1. The second-order valence-electron chi connectivity index (χ2n) is 7.45. The summed E-state index contributed by atoms with van der Waals surface area (Å²) in [6, 6.07) is 9.96. The van der Waals surface area contributed by atoms with Crippen LogP contribution < -0.4 is 10.2 Å². The molecule has 4 rings (SSSR count). The van der Waals surface area contributed by atoms with E-state index in [2.05, 4.69) is 15.5 Å². The average Bonchev–Trinajstić information content (AvgIpc) is 3.46. The summed E-state index contributed by atoms with van der Waals surface area (Å²) >= 11 is 1.67. The number of hydrogen-bond acceptors (Lipinski definition) is 7. The quantitative estimate of drug-likeness (QED) is 0.422. The molecule has 1 aliphatic heterocycles. The third-order valence-electron chi connectivity index (χ3n) is 5.45. The van der Waals surface area contributed by atoms with E-state index in [1.807, 2.05) is 40.0 Å². The number of nitrogens with zero attached hydrogens (tertiary/aromatic N) is 5. The summed E-state index contributed by atoms with van der Waals surface area (Å²) in [6.45, 7) is 1.59. The van der Waals surface area contributed by atoms with Crippen molar-refractivity contribution in [2.45, 2.75) is 25.3 Å². The van der Waals surface area contributed by atoms with Crippen LogP contribution in [0.15, 0.2) is 42.6 Å². The monoisotopic (exact) mass is 440 g/mol. The number of rotatable bonds is 8. The number of anilines is 1. The maximum Gasteiger partial charge on any atom is 0.293 e. The highest BCUT2D eigenvalue weighted by atomic mass is 32.2. The van der Waals surface area contributed by atoms with E-state index in [1.165, 1.54) is 6.07 Å². The molecule has 1 N–H and O–H groups in total. The Labute approximate surface area is 184 Å². The van der Waals surface area contributed by atoms with Crippen molar-refractivity contribution in [2.24, 2.45) is 0 Å². The van der Waals surface area contributed by atoms with Crippen molar-refractivity contribution < 1.29 is 9.72 Å². The Balaban J connectivity index is 1.61. The van der Waals surface area contributed by atoms with E-state index < -0.39 is 4.92 Å². The Bertz CT molecular complexity index is 1100. The molecule has 0 bridgehead atoms. The van der Waals surface area contributed by atoms with E-state index in [1.54, 1.807) is 23.9 Å². The number of hydrogen-bond donors (Lipinski definition) is 1. The molecule has 1 aromatic carbocycles. The van der Waals surface area contributed by atoms with Gasteiger partial charge in [0.1, 0.15) is 5.69 Å². The minimum absolute atomic E-state index is 0.0388. The average molecular weight is 441 g/mol. The van der Waals surface area contributed by atoms with E-state index in [4.69, 9.17) is 0 Å². The van der Waals surface area contributed by atoms with Crippen LogP contribution in [0.2, 0.25) is 0 Å². The van der Waals surface area contributed by atoms with Gasteiger partial charge in [-0.2, -0.15) is 11.8 Å². The highest BCUT2D eigenvalue weighted by Gasteiger charge is 2.26. The van der Waals surface area contributed by atoms with Crippen LogP contribution in [0.4, 0.5) is 11.4 Å². The Morgan fingerprint density at radius 2 is 2.06 bits per heavy atom. The molecular formula is C21H24N6O3S. The van der Waals surface area contributed by atoms with Crippen LogP contribution in [0.5, 0.6) is 0 Å². The van der Waals surface area contributed by atoms with E-state index in [0.29, 0.717) is 23.6 Å². The van der Waals surface area contributed by atoms with Gasteiger partial charge in [0.05, 0.1) is 11.0 Å². The molecule has 9 nitrogen and oxygen atoms in total. The van der Waals surface area contributed by atoms with Crippen molar-refractivity contribution >= 4 is 34.7 Å². The first-order valence-corrected chi connectivity index (χ1v) is 11.6. The van der Waals surface area contributed by atoms with Gasteiger partial charge < -0.3 is 10.2 Å². The summed E-state index contributed by atoms with van der Waals surface area (Å²) in [4.78, 5) is 26.3. The molecule has 10 heteroatoms. The van der Waals surface area contributed by atoms with Gasteiger partial charge >= 0.3 is 0 Å². The van der Waals surface area contributed by atoms with Crippen LogP contribution in [0.25, 0.3) is 5.65 Å². The van der Waals surface area contributed by atoms with E-state index in [9.17, 15) is 14.9 Å². The lowest BCUT2D eigenvalue weighted by Crippen LogP contribution is -2.30. The molecule has 162 valence electrons. The van der Waals surface area contributed by atoms with Crippen molar-refractivity contribution in [3.63, 3.8) is 0 Å². The highest BCUT2D eigenvalue weighted by molar-refractivity contribution is 7.98. The van der Waals surface area contributed by atoms with Crippen molar-refractivity contribution in [1.82, 2.24) is 19.9 Å². The minimum atomic E-state index is -0.415. The smallest absolute Gasteiger partial charge is 0.293 e. The predicted octanol–water partition coefficient (Wildman–Crippen LogP) is 3.46. The molecule has 3 aromatic rings. The number of pyridine rings is 1. The van der Waals surface area contributed by atoms with E-state index >= 15 is 0 Å². The van der Waals surface area contributed by atoms with Gasteiger partial charge in [-0.25, -0.2) is 0 Å². The molecule has 3 heterocycles. The lowest BCUT2D eigenvalue weighted by atomic mass is 10.1. The zero-order valence-corrected chi connectivity index (χ0v) is 18.0. The Hall–Kier alpha value is -3.14. The molecule has 1 saturated heterocycles. The summed E-state index contributed by atoms with van der Waals surface area (Å²) in [6.07, 6.45) is 6.56. The largest absolute Gasteiger partial charge is 0.366 e. The Kier molecular flexibility index (Phi) is 6.36. The number of carbonyl (C=O) groups is 1. The van der Waals surface area contributed by atoms with Gasteiger partial charge in [-0.15, -0.1) is 10.2 Å². The van der Waals surface area contributed by atoms with Gasteiger partial charge in [-0.05, 0) is 55.5 Å². The lowest BCUT2D eigenvalue weighted by molar-refractivity contribution is -0.384. The van der Waals surface area contributed by atoms with Crippen LogP contribution in [0.1, 0.15) is 41.5 Å². The SMILES string of the molecule is CSCCC(NC(=O)c1ccc(N2CCCC2)c([N+](=O)[O-])c1)c1nnc2ccccn12. The van der Waals surface area contributed by atoms with Crippen LogP contribution in [-0.4, -0.2) is 50.5 Å². The van der Waals surface area contributed by atoms with Gasteiger partial charge in [0.25, 0.3) is 11.6 Å². The molecule has 0 aliphatic carbocycles. The fourth-order valence-corrected chi connectivity index (χ4v) is 4.35. The first-order chi connectivity index (χ1) is 15.1. The number of fused-ring (bicyclic) bond motifs is 1. The fraction of sp³-hybridized carbons (Fsp3) is 0.381. The molecular weight excluding hydrogens is 416 g/mol. The van der Waals surface area contributed by atoms with Crippen LogP contribution in [0, 0.1) is 10.1 Å². The second-order valence-corrected chi connectivity index (χ2v) is 8.43. The van der Waals surface area contributed by atoms with Crippen molar-refractivity contribution in [2.75, 3.05) is 30.0 Å². The molecule has 31 heavy (non-hydrogen) atoms. The molecule has 0 radical (unpaired) electrons. The van der Waals surface area contributed by atoms with Gasteiger partial charge in [-0.1, -0.05) is 6.07 Å². The Morgan fingerprint density at radius 3 is 2.81 bits per heavy atom. The summed E-state index contributed by atoms with van der Waals surface area (Å²) in [7, 11) is 0. The number of benzene rings is 1. The topological polar surface area (TPSA) is 106 Å². The van der Waals surface area contributed by atoms with Crippen molar-refractivity contribution in [1.29, 1.82) is 0 Å². The van der Waals surface area contributed by atoms with Gasteiger partial charge in [0.15, 0.2) is 11.5 Å². The number of amides is 1. The molecule has 1 aliphatic rings. The fourth-order valence-electron chi connectivity index (χ4n) is 3.88. The molecule has 1 unspecified atom stereocenters. The third-order valence-corrected chi connectivity index (χ3v) is 6.09. The van der Waals surface area contributed by atoms with E-state index in [-0.39, 0.29) is 23.2 Å². The van der Waals surface area contributed by atoms with Crippen molar-refractivity contribution in [3.05, 3.63) is 64.1 Å². The number of nitrogens with one attached hydrogen (secondary N) is 1. The second kappa shape index (κ2) is 9.34. The normalized spacial score (nSPS) is 14.7. The Morgan fingerprint density at radius 1 is 1.26 bits per heavy atom. The van der Waals surface area contributed by atoms with Crippen LogP contribution in [0.3, 0.4) is 0 Å². The summed E-state index contributed by atoms with van der Waals surface area (Å²) in [5, 5.41) is 23.1. The van der Waals surface area contributed by atoms with Gasteiger partial charge in [-0.3, -0.25) is 19.3 Å². The maximum absolute atomic E-state index is 13.0. The van der Waals surface area contributed by atoms with Gasteiger partial charge in [0.2, 0.25) is 0 Å². The molecule has 1 atom stereocenters. The van der Waals surface area contributed by atoms with Gasteiger partial charge in [0, 0.05) is 30.9 Å². The molecule has 2 aromatic heterocycles. The first kappa shape index (κ1) is 21.1.